The van der Waals surface area contributed by atoms with Gasteiger partial charge < -0.3 is 25.7 Å². The highest BCUT2D eigenvalue weighted by molar-refractivity contribution is 5.77. The Morgan fingerprint density at radius 3 is 2.34 bits per heavy atom. The van der Waals surface area contributed by atoms with Crippen molar-refractivity contribution in [2.45, 2.75) is 12.6 Å². The van der Waals surface area contributed by atoms with Crippen molar-refractivity contribution in [3.05, 3.63) is 89.5 Å². The monoisotopic (exact) mass is 393 g/mol. The lowest BCUT2D eigenvalue weighted by Gasteiger charge is -2.15. The molecule has 7 nitrogen and oxygen atoms in total. The Balaban J connectivity index is 1.53. The fourth-order valence-corrected chi connectivity index (χ4v) is 2.81. The summed E-state index contributed by atoms with van der Waals surface area (Å²) in [6.45, 7) is 0.369. The van der Waals surface area contributed by atoms with Crippen molar-refractivity contribution in [2.75, 3.05) is 6.61 Å². The zero-order chi connectivity index (χ0) is 20.6. The summed E-state index contributed by atoms with van der Waals surface area (Å²) in [4.78, 5) is 16.5. The van der Waals surface area contributed by atoms with Crippen LogP contribution in [0.15, 0.2) is 72.8 Å². The van der Waals surface area contributed by atoms with Crippen LogP contribution in [0.4, 0.5) is 0 Å². The van der Waals surface area contributed by atoms with E-state index in [0.29, 0.717) is 23.6 Å². The van der Waals surface area contributed by atoms with Crippen LogP contribution >= 0.6 is 0 Å². The molecule has 3 rings (SSSR count). The molecule has 0 aromatic heterocycles. The van der Waals surface area contributed by atoms with Crippen molar-refractivity contribution in [1.82, 2.24) is 5.32 Å². The highest BCUT2D eigenvalue weighted by Gasteiger charge is 2.14. The maximum atomic E-state index is 11.9. The van der Waals surface area contributed by atoms with Crippen molar-refractivity contribution in [2.24, 2.45) is 11.6 Å². The lowest BCUT2D eigenvalue weighted by Crippen LogP contribution is -2.28. The molecule has 3 aromatic carbocycles. The minimum absolute atomic E-state index is 0.00383. The van der Waals surface area contributed by atoms with Gasteiger partial charge in [-0.3, -0.25) is 4.79 Å². The quantitative estimate of drug-likeness (QED) is 0.436. The van der Waals surface area contributed by atoms with E-state index in [4.69, 9.17) is 16.4 Å². The van der Waals surface area contributed by atoms with Gasteiger partial charge in [-0.15, -0.1) is 0 Å². The topological polar surface area (TPSA) is 120 Å². The van der Waals surface area contributed by atoms with Crippen LogP contribution in [0.5, 0.6) is 17.2 Å². The number of benzene rings is 3. The first-order valence-corrected chi connectivity index (χ1v) is 9.05. The van der Waals surface area contributed by atoms with Crippen LogP contribution in [-0.4, -0.2) is 17.6 Å². The van der Waals surface area contributed by atoms with Gasteiger partial charge in [-0.1, -0.05) is 42.5 Å². The molecule has 1 atom stereocenters. The summed E-state index contributed by atoms with van der Waals surface area (Å²) in [5.41, 5.74) is 8.58. The molecule has 1 amide bonds. The molecule has 0 fully saturated rings. The second kappa shape index (κ2) is 9.59. The summed E-state index contributed by atoms with van der Waals surface area (Å²) in [6, 6.07) is 20.8. The summed E-state index contributed by atoms with van der Waals surface area (Å²) in [5.74, 6) is 5.76. The molecule has 6 N–H and O–H groups in total. The predicted octanol–water partition coefficient (Wildman–Crippen LogP) is 2.39. The second-order valence-corrected chi connectivity index (χ2v) is 6.44. The maximum Gasteiger partial charge on any atom is 0.258 e. The number of carbonyl (C=O) groups is 1. The molecule has 0 saturated carbocycles. The van der Waals surface area contributed by atoms with E-state index in [1.54, 1.807) is 36.4 Å². The SMILES string of the molecule is NOc1ccc(C(N)c2ccc(OCC(=O)NCc3ccccc3)cc2)c(O)c1. The third kappa shape index (κ3) is 5.47. The molecule has 7 heteroatoms. The Labute approximate surface area is 168 Å². The summed E-state index contributed by atoms with van der Waals surface area (Å²) < 4.78 is 5.52. The van der Waals surface area contributed by atoms with Crippen molar-refractivity contribution in [3.8, 4) is 17.2 Å². The van der Waals surface area contributed by atoms with Crippen molar-refractivity contribution < 1.29 is 19.5 Å². The molecule has 0 aliphatic carbocycles. The Hall–Kier alpha value is -3.55. The number of carbonyl (C=O) groups excluding carboxylic acids is 1. The van der Waals surface area contributed by atoms with Crippen molar-refractivity contribution in [1.29, 1.82) is 0 Å². The van der Waals surface area contributed by atoms with Crippen LogP contribution in [0, 0.1) is 0 Å². The average Bonchev–Trinajstić information content (AvgIpc) is 2.76. The Bertz CT molecular complexity index is 946. The third-order valence-electron chi connectivity index (χ3n) is 4.41. The fraction of sp³-hybridized carbons (Fsp3) is 0.136. The number of ether oxygens (including phenoxy) is 1. The molecule has 0 saturated heterocycles. The maximum absolute atomic E-state index is 11.9. The normalized spacial score (nSPS) is 11.5. The summed E-state index contributed by atoms with van der Waals surface area (Å²) >= 11 is 0. The summed E-state index contributed by atoms with van der Waals surface area (Å²) in [6.07, 6.45) is 0. The molecule has 1 unspecified atom stereocenters. The smallest absolute Gasteiger partial charge is 0.258 e. The fourth-order valence-electron chi connectivity index (χ4n) is 2.81. The van der Waals surface area contributed by atoms with Crippen LogP contribution in [-0.2, 0) is 11.3 Å². The molecule has 3 aromatic rings. The molecule has 0 radical (unpaired) electrons. The highest BCUT2D eigenvalue weighted by Crippen LogP contribution is 2.31. The first kappa shape index (κ1) is 20.2. The van der Waals surface area contributed by atoms with Gasteiger partial charge in [0.1, 0.15) is 11.5 Å². The van der Waals surface area contributed by atoms with Crippen LogP contribution < -0.4 is 26.5 Å². The summed E-state index contributed by atoms with van der Waals surface area (Å²) in [7, 11) is 0. The van der Waals surface area contributed by atoms with Gasteiger partial charge in [0.25, 0.3) is 5.91 Å². The summed E-state index contributed by atoms with van der Waals surface area (Å²) in [5, 5.41) is 12.9. The number of phenols is 1. The molecule has 0 spiro atoms. The number of rotatable bonds is 8. The van der Waals surface area contributed by atoms with E-state index in [9.17, 15) is 9.90 Å². The van der Waals surface area contributed by atoms with E-state index in [-0.39, 0.29) is 18.3 Å². The van der Waals surface area contributed by atoms with Gasteiger partial charge in [-0.2, -0.15) is 5.90 Å². The first-order chi connectivity index (χ1) is 14.1. The Morgan fingerprint density at radius 1 is 1.00 bits per heavy atom. The van der Waals surface area contributed by atoms with Crippen molar-refractivity contribution in [3.63, 3.8) is 0 Å². The standard InChI is InChI=1S/C22H23N3O4/c23-22(19-11-10-18(29-24)12-20(19)26)16-6-8-17(9-7-16)28-14-21(27)25-13-15-4-2-1-3-5-15/h1-12,22,26H,13-14,23-24H2,(H,25,27). The molecular weight excluding hydrogens is 370 g/mol. The van der Waals surface area contributed by atoms with Crippen LogP contribution in [0.1, 0.15) is 22.7 Å². The highest BCUT2D eigenvalue weighted by atomic mass is 16.6. The van der Waals surface area contributed by atoms with E-state index in [2.05, 4.69) is 10.2 Å². The second-order valence-electron chi connectivity index (χ2n) is 6.44. The van der Waals surface area contributed by atoms with E-state index in [0.717, 1.165) is 11.1 Å². The van der Waals surface area contributed by atoms with Gasteiger partial charge in [0.15, 0.2) is 12.4 Å². The minimum Gasteiger partial charge on any atom is -0.507 e. The zero-order valence-electron chi connectivity index (χ0n) is 15.7. The van der Waals surface area contributed by atoms with Crippen LogP contribution in [0.2, 0.25) is 0 Å². The minimum atomic E-state index is -0.537. The van der Waals surface area contributed by atoms with Gasteiger partial charge in [0.2, 0.25) is 0 Å². The first-order valence-electron chi connectivity index (χ1n) is 9.05. The molecule has 150 valence electrons. The van der Waals surface area contributed by atoms with Gasteiger partial charge in [-0.25, -0.2) is 0 Å². The third-order valence-corrected chi connectivity index (χ3v) is 4.41. The van der Waals surface area contributed by atoms with E-state index in [1.807, 2.05) is 30.3 Å². The number of phenolic OH excluding ortho intramolecular Hbond substituents is 1. The molecular formula is C22H23N3O4. The Kier molecular flexibility index (Phi) is 6.67. The van der Waals surface area contributed by atoms with Gasteiger partial charge in [-0.05, 0) is 35.4 Å². The molecule has 29 heavy (non-hydrogen) atoms. The number of hydrogen-bond acceptors (Lipinski definition) is 6. The number of amides is 1. The van der Waals surface area contributed by atoms with Crippen molar-refractivity contribution >= 4 is 5.91 Å². The van der Waals surface area contributed by atoms with E-state index in [1.165, 1.54) is 6.07 Å². The van der Waals surface area contributed by atoms with Gasteiger partial charge >= 0.3 is 0 Å². The number of hydrogen-bond donors (Lipinski definition) is 4. The average molecular weight is 393 g/mol. The van der Waals surface area contributed by atoms with Gasteiger partial charge in [0, 0.05) is 18.2 Å². The lowest BCUT2D eigenvalue weighted by atomic mass is 9.98. The van der Waals surface area contributed by atoms with Gasteiger partial charge in [0.05, 0.1) is 6.04 Å². The largest absolute Gasteiger partial charge is 0.507 e. The molecule has 0 heterocycles. The molecule has 0 aliphatic heterocycles. The molecule has 0 bridgehead atoms. The van der Waals surface area contributed by atoms with Crippen LogP contribution in [0.25, 0.3) is 0 Å². The Morgan fingerprint density at radius 2 is 1.69 bits per heavy atom. The van der Waals surface area contributed by atoms with Crippen LogP contribution in [0.3, 0.4) is 0 Å². The number of aromatic hydroxyl groups is 1. The zero-order valence-corrected chi connectivity index (χ0v) is 15.7. The molecule has 0 aliphatic rings. The predicted molar refractivity (Wildman–Crippen MR) is 109 cm³/mol. The van der Waals surface area contributed by atoms with E-state index >= 15 is 0 Å². The lowest BCUT2D eigenvalue weighted by molar-refractivity contribution is -0.123. The number of nitrogens with two attached hydrogens (primary N) is 2. The number of nitrogens with one attached hydrogen (secondary N) is 1. The van der Waals surface area contributed by atoms with E-state index < -0.39 is 6.04 Å².